The van der Waals surface area contributed by atoms with Crippen molar-refractivity contribution in [1.82, 2.24) is 4.90 Å². The summed E-state index contributed by atoms with van der Waals surface area (Å²) in [4.78, 5) is 15.2. The number of hydrogen-bond donors (Lipinski definition) is 0. The number of rotatable bonds is 9. The van der Waals surface area contributed by atoms with E-state index in [-0.39, 0.29) is 29.9 Å². The first-order valence-corrected chi connectivity index (χ1v) is 17.4. The highest BCUT2D eigenvalue weighted by Gasteiger charge is 2.40. The standard InChI is InChI=1S/C30H44INO5Si/c1-29(2,3)32(19-25-16-14-22-18-23(31)15-17-27(22)36-25)28(33)35-21-26(37-38(7,8)30(4,5)6)20-34-24-12-10-9-11-13-24/h9-13,15,17-18,25-26H,14,16,19-21H2,1-8H3/t25-,26+/m1/s1. The Bertz CT molecular complexity index is 1060. The van der Waals surface area contributed by atoms with E-state index in [1.165, 1.54) is 9.13 Å². The SMILES string of the molecule is CC(C)(C)N(C[C@H]1CCc2cc(I)ccc2O1)C(=O)OC[C@H](COc1ccccc1)O[Si](C)(C)C(C)(C)C. The summed E-state index contributed by atoms with van der Waals surface area (Å²) in [6.45, 7) is 18.0. The Morgan fingerprint density at radius 3 is 2.39 bits per heavy atom. The largest absolute Gasteiger partial charge is 0.491 e. The minimum Gasteiger partial charge on any atom is -0.491 e. The second kappa shape index (κ2) is 12.6. The van der Waals surface area contributed by atoms with E-state index in [4.69, 9.17) is 18.6 Å². The van der Waals surface area contributed by atoms with Crippen LogP contribution in [0.1, 0.15) is 53.5 Å². The Labute approximate surface area is 243 Å². The molecule has 6 nitrogen and oxygen atoms in total. The first-order chi connectivity index (χ1) is 17.7. The lowest BCUT2D eigenvalue weighted by molar-refractivity contribution is 0.00721. The molecule has 0 aromatic heterocycles. The summed E-state index contributed by atoms with van der Waals surface area (Å²) in [5, 5.41) is 0.0200. The zero-order valence-corrected chi connectivity index (χ0v) is 27.3. The number of aryl methyl sites for hydroxylation is 1. The van der Waals surface area contributed by atoms with Gasteiger partial charge in [-0.15, -0.1) is 0 Å². The number of amides is 1. The van der Waals surface area contributed by atoms with Gasteiger partial charge in [-0.3, -0.25) is 4.90 Å². The number of carbonyl (C=O) groups is 1. The van der Waals surface area contributed by atoms with Gasteiger partial charge in [-0.1, -0.05) is 39.0 Å². The van der Waals surface area contributed by atoms with Crippen molar-refractivity contribution in [3.8, 4) is 11.5 Å². The topological polar surface area (TPSA) is 57.2 Å². The first-order valence-electron chi connectivity index (χ1n) is 13.4. The number of halogens is 1. The summed E-state index contributed by atoms with van der Waals surface area (Å²) in [5.41, 5.74) is 0.797. The Morgan fingerprint density at radius 2 is 1.76 bits per heavy atom. The fourth-order valence-electron chi connectivity index (χ4n) is 4.03. The fourth-order valence-corrected chi connectivity index (χ4v) is 5.90. The monoisotopic (exact) mass is 653 g/mol. The van der Waals surface area contributed by atoms with Crippen LogP contribution in [-0.2, 0) is 15.6 Å². The molecule has 0 spiro atoms. The zero-order chi connectivity index (χ0) is 28.1. The first kappa shape index (κ1) is 30.8. The van der Waals surface area contributed by atoms with Crippen LogP contribution < -0.4 is 9.47 Å². The third-order valence-electron chi connectivity index (χ3n) is 7.31. The maximum absolute atomic E-state index is 13.5. The highest BCUT2D eigenvalue weighted by molar-refractivity contribution is 14.1. The van der Waals surface area contributed by atoms with Crippen LogP contribution in [-0.4, -0.2) is 56.8 Å². The lowest BCUT2D eigenvalue weighted by Crippen LogP contribution is -2.52. The van der Waals surface area contributed by atoms with Gasteiger partial charge in [-0.05, 0) is 110 Å². The lowest BCUT2D eigenvalue weighted by atomic mass is 10.00. The predicted octanol–water partition coefficient (Wildman–Crippen LogP) is 7.69. The molecular formula is C30H44INO5Si. The van der Waals surface area contributed by atoms with Gasteiger partial charge in [-0.2, -0.15) is 0 Å². The molecule has 1 heterocycles. The van der Waals surface area contributed by atoms with E-state index in [9.17, 15) is 4.79 Å². The van der Waals surface area contributed by atoms with Crippen molar-refractivity contribution in [2.24, 2.45) is 0 Å². The van der Waals surface area contributed by atoms with E-state index in [0.717, 1.165) is 24.3 Å². The van der Waals surface area contributed by atoms with Crippen molar-refractivity contribution in [2.45, 2.75) is 90.3 Å². The summed E-state index contributed by atoms with van der Waals surface area (Å²) in [6, 6.07) is 15.9. The maximum atomic E-state index is 13.5. The molecule has 0 saturated heterocycles. The second-order valence-electron chi connectivity index (χ2n) is 12.5. The summed E-state index contributed by atoms with van der Waals surface area (Å²) >= 11 is 2.32. The number of nitrogens with zero attached hydrogens (tertiary/aromatic N) is 1. The van der Waals surface area contributed by atoms with Gasteiger partial charge in [0.2, 0.25) is 0 Å². The van der Waals surface area contributed by atoms with Crippen LogP contribution in [0.25, 0.3) is 0 Å². The van der Waals surface area contributed by atoms with Crippen LogP contribution in [0.5, 0.6) is 11.5 Å². The molecule has 0 saturated carbocycles. The molecule has 210 valence electrons. The van der Waals surface area contributed by atoms with Crippen molar-refractivity contribution >= 4 is 37.0 Å². The second-order valence-corrected chi connectivity index (χ2v) is 18.5. The quantitative estimate of drug-likeness (QED) is 0.205. The molecule has 2 aromatic carbocycles. The summed E-state index contributed by atoms with van der Waals surface area (Å²) in [7, 11) is -2.12. The highest BCUT2D eigenvalue weighted by atomic mass is 127. The van der Waals surface area contributed by atoms with E-state index in [1.807, 2.05) is 57.2 Å². The lowest BCUT2D eigenvalue weighted by Gasteiger charge is -2.40. The summed E-state index contributed by atoms with van der Waals surface area (Å²) < 4.78 is 26.1. The molecule has 38 heavy (non-hydrogen) atoms. The molecule has 2 atom stereocenters. The molecule has 0 aliphatic carbocycles. The molecule has 1 amide bonds. The van der Waals surface area contributed by atoms with E-state index < -0.39 is 13.9 Å². The Kier molecular flexibility index (Phi) is 10.2. The minimum absolute atomic E-state index is 0.0200. The van der Waals surface area contributed by atoms with Crippen LogP contribution in [0.2, 0.25) is 18.1 Å². The number of fused-ring (bicyclic) bond motifs is 1. The van der Waals surface area contributed by atoms with E-state index in [1.54, 1.807) is 4.90 Å². The van der Waals surface area contributed by atoms with Crippen molar-refractivity contribution < 1.29 is 23.4 Å². The molecule has 2 aromatic rings. The third kappa shape index (κ3) is 8.61. The minimum atomic E-state index is -2.12. The molecule has 0 fully saturated rings. The number of hydrogen-bond acceptors (Lipinski definition) is 5. The summed E-state index contributed by atoms with van der Waals surface area (Å²) in [6.07, 6.45) is 0.966. The average molecular weight is 654 g/mol. The molecule has 1 aliphatic heterocycles. The van der Waals surface area contributed by atoms with Gasteiger partial charge < -0.3 is 18.6 Å². The summed E-state index contributed by atoms with van der Waals surface area (Å²) in [5.74, 6) is 1.67. The molecule has 0 N–H and O–H groups in total. The van der Waals surface area contributed by atoms with E-state index in [0.29, 0.717) is 13.2 Å². The van der Waals surface area contributed by atoms with Crippen molar-refractivity contribution in [3.63, 3.8) is 0 Å². The molecule has 3 rings (SSSR count). The van der Waals surface area contributed by atoms with Gasteiger partial charge in [0.25, 0.3) is 0 Å². The smallest absolute Gasteiger partial charge is 0.410 e. The molecule has 0 unspecified atom stereocenters. The van der Waals surface area contributed by atoms with Crippen LogP contribution in [0.3, 0.4) is 0 Å². The van der Waals surface area contributed by atoms with Crippen LogP contribution in [0.15, 0.2) is 48.5 Å². The van der Waals surface area contributed by atoms with Gasteiger partial charge in [0.1, 0.15) is 36.9 Å². The van der Waals surface area contributed by atoms with Gasteiger partial charge >= 0.3 is 6.09 Å². The molecule has 0 radical (unpaired) electrons. The predicted molar refractivity (Wildman–Crippen MR) is 164 cm³/mol. The van der Waals surface area contributed by atoms with Crippen LogP contribution in [0, 0.1) is 3.57 Å². The van der Waals surface area contributed by atoms with Gasteiger partial charge in [0, 0.05) is 9.11 Å². The molecule has 8 heteroatoms. The Balaban J connectivity index is 1.67. The number of para-hydroxylation sites is 1. The average Bonchev–Trinajstić information content (AvgIpc) is 2.83. The maximum Gasteiger partial charge on any atom is 0.410 e. The van der Waals surface area contributed by atoms with E-state index in [2.05, 4.69) is 68.6 Å². The molecule has 1 aliphatic rings. The van der Waals surface area contributed by atoms with Crippen molar-refractivity contribution in [2.75, 3.05) is 19.8 Å². The Hall–Kier alpha value is -1.78. The van der Waals surface area contributed by atoms with E-state index >= 15 is 0 Å². The van der Waals surface area contributed by atoms with Gasteiger partial charge in [0.15, 0.2) is 8.32 Å². The van der Waals surface area contributed by atoms with Gasteiger partial charge in [-0.25, -0.2) is 4.79 Å². The third-order valence-corrected chi connectivity index (χ3v) is 12.5. The Morgan fingerprint density at radius 1 is 1.08 bits per heavy atom. The normalized spacial score (nSPS) is 16.7. The van der Waals surface area contributed by atoms with Crippen LogP contribution in [0.4, 0.5) is 4.79 Å². The fraction of sp³-hybridized carbons (Fsp3) is 0.567. The number of carbonyl (C=O) groups excluding carboxylic acids is 1. The van der Waals surface area contributed by atoms with Gasteiger partial charge in [0.05, 0.1) is 6.54 Å². The molecule has 0 bridgehead atoms. The van der Waals surface area contributed by atoms with Crippen molar-refractivity contribution in [3.05, 3.63) is 57.7 Å². The number of benzene rings is 2. The molecular weight excluding hydrogens is 609 g/mol. The van der Waals surface area contributed by atoms with Crippen LogP contribution >= 0.6 is 22.6 Å². The highest BCUT2D eigenvalue weighted by Crippen LogP contribution is 2.37. The zero-order valence-electron chi connectivity index (χ0n) is 24.2. The van der Waals surface area contributed by atoms with Crippen molar-refractivity contribution in [1.29, 1.82) is 0 Å². The number of ether oxygens (including phenoxy) is 3.